The minimum absolute atomic E-state index is 0.0656. The van der Waals surface area contributed by atoms with Crippen molar-refractivity contribution >= 4 is 17.2 Å². The van der Waals surface area contributed by atoms with Crippen LogP contribution in [0.3, 0.4) is 0 Å². The summed E-state index contributed by atoms with van der Waals surface area (Å²) in [5.74, 6) is -0.0656. The van der Waals surface area contributed by atoms with Gasteiger partial charge in [-0.15, -0.1) is 11.3 Å². The first-order chi connectivity index (χ1) is 11.7. The van der Waals surface area contributed by atoms with Crippen molar-refractivity contribution in [2.45, 2.75) is 18.9 Å². The molecule has 128 valence electrons. The highest BCUT2D eigenvalue weighted by molar-refractivity contribution is 7.09. The van der Waals surface area contributed by atoms with Crippen LogP contribution in [0.4, 0.5) is 0 Å². The van der Waals surface area contributed by atoms with Gasteiger partial charge in [0.15, 0.2) is 0 Å². The monoisotopic (exact) mass is 345 g/mol. The number of likely N-dealkylation sites (tertiary alicyclic amines) is 1. The predicted octanol–water partition coefficient (Wildman–Crippen LogP) is 2.18. The number of nitrogens with one attached hydrogen (secondary N) is 1. The van der Waals surface area contributed by atoms with Crippen LogP contribution in [0.2, 0.25) is 0 Å². The Bertz CT molecular complexity index is 659. The Morgan fingerprint density at radius 2 is 2.25 bits per heavy atom. The smallest absolute Gasteiger partial charge is 0.271 e. The Morgan fingerprint density at radius 1 is 1.42 bits per heavy atom. The van der Waals surface area contributed by atoms with Crippen LogP contribution >= 0.6 is 11.3 Å². The standard InChI is InChI=1S/C18H23N3O2S/c1-23-10-9-21-8-7-15(12-21)19-18(22)16-13-24-17(20-16)11-14-5-3-2-4-6-14/h2-6,13,15H,7-12H2,1H3,(H,19,22). The van der Waals surface area contributed by atoms with E-state index in [1.807, 2.05) is 23.6 Å². The molecule has 0 aliphatic carbocycles. The molecule has 1 N–H and O–H groups in total. The number of rotatable bonds is 7. The lowest BCUT2D eigenvalue weighted by Crippen LogP contribution is -2.37. The van der Waals surface area contributed by atoms with Crippen LogP contribution in [0.1, 0.15) is 27.5 Å². The topological polar surface area (TPSA) is 54.5 Å². The van der Waals surface area contributed by atoms with Crippen LogP contribution in [0.15, 0.2) is 35.7 Å². The summed E-state index contributed by atoms with van der Waals surface area (Å²) in [6, 6.07) is 10.4. The molecule has 0 spiro atoms. The number of amides is 1. The van der Waals surface area contributed by atoms with Crippen LogP contribution in [0.5, 0.6) is 0 Å². The molecule has 1 aliphatic heterocycles. The molecule has 1 aromatic carbocycles. The second kappa shape index (κ2) is 8.37. The fourth-order valence-corrected chi connectivity index (χ4v) is 3.71. The number of nitrogens with zero attached hydrogens (tertiary/aromatic N) is 2. The number of carbonyl (C=O) groups excluding carboxylic acids is 1. The first-order valence-electron chi connectivity index (χ1n) is 8.25. The molecule has 0 radical (unpaired) electrons. The van der Waals surface area contributed by atoms with Gasteiger partial charge in [0.2, 0.25) is 0 Å². The molecule has 1 aliphatic rings. The first-order valence-corrected chi connectivity index (χ1v) is 9.13. The molecule has 1 saturated heterocycles. The van der Waals surface area contributed by atoms with Gasteiger partial charge < -0.3 is 10.1 Å². The maximum Gasteiger partial charge on any atom is 0.271 e. The maximum absolute atomic E-state index is 12.4. The largest absolute Gasteiger partial charge is 0.383 e. The third-order valence-electron chi connectivity index (χ3n) is 4.20. The average Bonchev–Trinajstić information content (AvgIpc) is 3.23. The Kier molecular flexibility index (Phi) is 5.96. The van der Waals surface area contributed by atoms with Gasteiger partial charge in [-0.05, 0) is 12.0 Å². The molecule has 3 rings (SSSR count). The lowest BCUT2D eigenvalue weighted by molar-refractivity contribution is 0.0932. The van der Waals surface area contributed by atoms with Gasteiger partial charge in [-0.1, -0.05) is 30.3 Å². The molecule has 2 heterocycles. The number of thiazole rings is 1. The van der Waals surface area contributed by atoms with Crippen LogP contribution < -0.4 is 5.32 Å². The molecule has 1 aromatic heterocycles. The molecule has 0 saturated carbocycles. The van der Waals surface area contributed by atoms with Gasteiger partial charge in [0, 0.05) is 44.6 Å². The van der Waals surface area contributed by atoms with Crippen LogP contribution in [0, 0.1) is 0 Å². The first kappa shape index (κ1) is 17.1. The van der Waals surface area contributed by atoms with E-state index in [1.165, 1.54) is 5.56 Å². The number of hydrogen-bond donors (Lipinski definition) is 1. The van der Waals surface area contributed by atoms with Gasteiger partial charge >= 0.3 is 0 Å². The number of hydrogen-bond acceptors (Lipinski definition) is 5. The summed E-state index contributed by atoms with van der Waals surface area (Å²) in [6.45, 7) is 3.54. The fourth-order valence-electron chi connectivity index (χ4n) is 2.90. The summed E-state index contributed by atoms with van der Waals surface area (Å²) in [5.41, 5.74) is 1.74. The third kappa shape index (κ3) is 4.63. The van der Waals surface area contributed by atoms with Crippen molar-refractivity contribution in [2.75, 3.05) is 33.4 Å². The highest BCUT2D eigenvalue weighted by atomic mass is 32.1. The van der Waals surface area contributed by atoms with E-state index in [-0.39, 0.29) is 11.9 Å². The summed E-state index contributed by atoms with van der Waals surface area (Å²) < 4.78 is 5.10. The van der Waals surface area contributed by atoms with E-state index in [1.54, 1.807) is 18.4 Å². The summed E-state index contributed by atoms with van der Waals surface area (Å²) in [6.07, 6.45) is 1.75. The number of ether oxygens (including phenoxy) is 1. The molecule has 6 heteroatoms. The highest BCUT2D eigenvalue weighted by Crippen LogP contribution is 2.16. The third-order valence-corrected chi connectivity index (χ3v) is 5.05. The fraction of sp³-hybridized carbons (Fsp3) is 0.444. The molecule has 2 aromatic rings. The summed E-state index contributed by atoms with van der Waals surface area (Å²) in [4.78, 5) is 19.2. The summed E-state index contributed by atoms with van der Waals surface area (Å²) >= 11 is 1.54. The maximum atomic E-state index is 12.4. The summed E-state index contributed by atoms with van der Waals surface area (Å²) in [7, 11) is 1.71. The second-order valence-corrected chi connectivity index (χ2v) is 6.98. The normalized spacial score (nSPS) is 18.0. The predicted molar refractivity (Wildman–Crippen MR) is 95.5 cm³/mol. The van der Waals surface area contributed by atoms with E-state index in [9.17, 15) is 4.79 Å². The van der Waals surface area contributed by atoms with E-state index in [0.717, 1.165) is 44.1 Å². The molecular formula is C18H23N3O2S. The van der Waals surface area contributed by atoms with Crippen molar-refractivity contribution in [3.05, 3.63) is 52.0 Å². The molecule has 1 fully saturated rings. The van der Waals surface area contributed by atoms with Gasteiger partial charge in [-0.25, -0.2) is 4.98 Å². The second-order valence-electron chi connectivity index (χ2n) is 6.04. The SMILES string of the molecule is COCCN1CCC(NC(=O)c2csc(Cc3ccccc3)n2)C1. The van der Waals surface area contributed by atoms with Crippen molar-refractivity contribution < 1.29 is 9.53 Å². The van der Waals surface area contributed by atoms with Crippen molar-refractivity contribution in [1.29, 1.82) is 0 Å². The van der Waals surface area contributed by atoms with Crippen molar-refractivity contribution in [3.63, 3.8) is 0 Å². The lowest BCUT2D eigenvalue weighted by atomic mass is 10.2. The van der Waals surface area contributed by atoms with Crippen LogP contribution in [-0.2, 0) is 11.2 Å². The van der Waals surface area contributed by atoms with Gasteiger partial charge in [0.05, 0.1) is 11.6 Å². The highest BCUT2D eigenvalue weighted by Gasteiger charge is 2.24. The minimum atomic E-state index is -0.0656. The molecule has 5 nitrogen and oxygen atoms in total. The van der Waals surface area contributed by atoms with Gasteiger partial charge in [-0.3, -0.25) is 9.69 Å². The van der Waals surface area contributed by atoms with Gasteiger partial charge in [0.25, 0.3) is 5.91 Å². The van der Waals surface area contributed by atoms with E-state index in [4.69, 9.17) is 4.74 Å². The van der Waals surface area contributed by atoms with E-state index in [0.29, 0.717) is 5.69 Å². The molecule has 1 unspecified atom stereocenters. The Morgan fingerprint density at radius 3 is 3.04 bits per heavy atom. The van der Waals surface area contributed by atoms with Crippen molar-refractivity contribution in [1.82, 2.24) is 15.2 Å². The molecule has 24 heavy (non-hydrogen) atoms. The van der Waals surface area contributed by atoms with E-state index in [2.05, 4.69) is 27.3 Å². The van der Waals surface area contributed by atoms with Crippen molar-refractivity contribution in [2.24, 2.45) is 0 Å². The van der Waals surface area contributed by atoms with Crippen LogP contribution in [-0.4, -0.2) is 55.2 Å². The van der Waals surface area contributed by atoms with Gasteiger partial charge in [0.1, 0.15) is 5.69 Å². The minimum Gasteiger partial charge on any atom is -0.383 e. The Labute approximate surface area is 146 Å². The Balaban J connectivity index is 1.51. The zero-order chi connectivity index (χ0) is 16.8. The zero-order valence-corrected chi connectivity index (χ0v) is 14.7. The van der Waals surface area contributed by atoms with E-state index < -0.39 is 0 Å². The van der Waals surface area contributed by atoms with Crippen molar-refractivity contribution in [3.8, 4) is 0 Å². The molecular weight excluding hydrogens is 322 g/mol. The average molecular weight is 345 g/mol. The quantitative estimate of drug-likeness (QED) is 0.836. The van der Waals surface area contributed by atoms with Gasteiger partial charge in [-0.2, -0.15) is 0 Å². The zero-order valence-electron chi connectivity index (χ0n) is 13.9. The Hall–Kier alpha value is -1.76. The number of methoxy groups -OCH3 is 1. The molecule has 1 atom stereocenters. The lowest BCUT2D eigenvalue weighted by Gasteiger charge is -2.15. The molecule has 1 amide bonds. The number of aromatic nitrogens is 1. The molecule has 0 bridgehead atoms. The number of carbonyl (C=O) groups is 1. The summed E-state index contributed by atoms with van der Waals surface area (Å²) in [5, 5.41) is 5.93. The number of benzene rings is 1. The van der Waals surface area contributed by atoms with E-state index >= 15 is 0 Å². The van der Waals surface area contributed by atoms with Crippen LogP contribution in [0.25, 0.3) is 0 Å².